The van der Waals surface area contributed by atoms with Gasteiger partial charge in [0.2, 0.25) is 0 Å². The second kappa shape index (κ2) is 7.10. The van der Waals surface area contributed by atoms with Crippen molar-refractivity contribution in [2.45, 2.75) is 0 Å². The summed E-state index contributed by atoms with van der Waals surface area (Å²) in [6.07, 6.45) is 0. The van der Waals surface area contributed by atoms with Gasteiger partial charge in [0.15, 0.2) is 0 Å². The van der Waals surface area contributed by atoms with Crippen LogP contribution in [0.3, 0.4) is 0 Å². The highest BCUT2D eigenvalue weighted by atomic mass is 15.1. The molecule has 0 saturated heterocycles. The largest absolute Gasteiger partial charge is 0.378 e. The summed E-state index contributed by atoms with van der Waals surface area (Å²) in [7, 11) is 4.15. The molecule has 0 aromatic heterocycles. The van der Waals surface area contributed by atoms with Crippen LogP contribution in [0.4, 0.5) is 5.69 Å². The first-order valence-electron chi connectivity index (χ1n) is 10.00. The lowest BCUT2D eigenvalue weighted by Crippen LogP contribution is -2.07. The highest BCUT2D eigenvalue weighted by Gasteiger charge is 2.14. The van der Waals surface area contributed by atoms with Gasteiger partial charge in [0, 0.05) is 19.8 Å². The number of hydrogen-bond donors (Lipinski definition) is 0. The van der Waals surface area contributed by atoms with Crippen LogP contribution in [-0.4, -0.2) is 14.1 Å². The van der Waals surface area contributed by atoms with E-state index < -0.39 is 0 Å². The van der Waals surface area contributed by atoms with E-state index in [4.69, 9.17) is 0 Å². The van der Waals surface area contributed by atoms with Crippen LogP contribution < -0.4 is 4.90 Å². The van der Waals surface area contributed by atoms with E-state index in [1.165, 1.54) is 49.5 Å². The summed E-state index contributed by atoms with van der Waals surface area (Å²) >= 11 is 0. The van der Waals surface area contributed by atoms with Crippen molar-refractivity contribution in [3.63, 3.8) is 0 Å². The van der Waals surface area contributed by atoms with Gasteiger partial charge in [0.1, 0.15) is 0 Å². The highest BCUT2D eigenvalue weighted by Crippen LogP contribution is 2.41. The van der Waals surface area contributed by atoms with Crippen molar-refractivity contribution in [2.75, 3.05) is 19.0 Å². The SMILES string of the molecule is CN(C)c1ccc(-c2ccc3ccccc3c2-c2cccc3ccccc23)cc1. The molecule has 0 spiro atoms. The first-order chi connectivity index (χ1) is 14.2. The quantitative estimate of drug-likeness (QED) is 0.318. The Balaban J connectivity index is 1.84. The van der Waals surface area contributed by atoms with Gasteiger partial charge < -0.3 is 4.90 Å². The summed E-state index contributed by atoms with van der Waals surface area (Å²) in [5, 5.41) is 5.12. The van der Waals surface area contributed by atoms with E-state index in [9.17, 15) is 0 Å². The maximum atomic E-state index is 2.27. The summed E-state index contributed by atoms with van der Waals surface area (Å²) in [4.78, 5) is 2.13. The standard InChI is InChI=1S/C28H23N/c1-29(2)23-17-14-22(15-18-23)26-19-16-21-9-4-6-12-25(21)28(26)27-13-7-10-20-8-3-5-11-24(20)27/h3-19H,1-2H3. The van der Waals surface area contributed by atoms with Crippen LogP contribution >= 0.6 is 0 Å². The molecule has 0 N–H and O–H groups in total. The van der Waals surface area contributed by atoms with Crippen LogP contribution in [0.1, 0.15) is 0 Å². The third kappa shape index (κ3) is 3.05. The summed E-state index contributed by atoms with van der Waals surface area (Å²) in [5.74, 6) is 0. The molecule has 1 nitrogen and oxygen atoms in total. The number of anilines is 1. The van der Waals surface area contributed by atoms with Crippen LogP contribution in [0, 0.1) is 0 Å². The predicted molar refractivity (Wildman–Crippen MR) is 127 cm³/mol. The second-order valence-corrected chi connectivity index (χ2v) is 7.68. The highest BCUT2D eigenvalue weighted by molar-refractivity contribution is 6.10. The molecule has 0 radical (unpaired) electrons. The Labute approximate surface area is 171 Å². The average molecular weight is 373 g/mol. The second-order valence-electron chi connectivity index (χ2n) is 7.68. The number of nitrogens with zero attached hydrogens (tertiary/aromatic N) is 1. The Morgan fingerprint density at radius 2 is 1.10 bits per heavy atom. The molecule has 0 fully saturated rings. The first-order valence-corrected chi connectivity index (χ1v) is 10.00. The fraction of sp³-hybridized carbons (Fsp3) is 0.0714. The molecule has 0 aliphatic rings. The van der Waals surface area contributed by atoms with E-state index in [2.05, 4.69) is 122 Å². The van der Waals surface area contributed by atoms with Gasteiger partial charge >= 0.3 is 0 Å². The molecule has 0 unspecified atom stereocenters. The predicted octanol–water partition coefficient (Wildman–Crippen LogP) is 7.39. The maximum Gasteiger partial charge on any atom is 0.0361 e. The molecule has 0 bridgehead atoms. The number of rotatable bonds is 3. The molecule has 0 atom stereocenters. The smallest absolute Gasteiger partial charge is 0.0361 e. The van der Waals surface area contributed by atoms with Gasteiger partial charge in [-0.3, -0.25) is 0 Å². The molecule has 1 heteroatoms. The molecule has 140 valence electrons. The summed E-state index contributed by atoms with van der Waals surface area (Å²) in [6.45, 7) is 0. The van der Waals surface area contributed by atoms with Gasteiger partial charge in [-0.25, -0.2) is 0 Å². The summed E-state index contributed by atoms with van der Waals surface area (Å²) in [5.41, 5.74) is 6.31. The number of fused-ring (bicyclic) bond motifs is 2. The topological polar surface area (TPSA) is 3.24 Å². The molecule has 0 saturated carbocycles. The van der Waals surface area contributed by atoms with E-state index in [0.717, 1.165) is 0 Å². The van der Waals surface area contributed by atoms with E-state index >= 15 is 0 Å². The van der Waals surface area contributed by atoms with Gasteiger partial charge in [-0.2, -0.15) is 0 Å². The van der Waals surface area contributed by atoms with Crippen LogP contribution in [0.5, 0.6) is 0 Å². The Morgan fingerprint density at radius 3 is 1.83 bits per heavy atom. The summed E-state index contributed by atoms with van der Waals surface area (Å²) < 4.78 is 0. The van der Waals surface area contributed by atoms with Crippen molar-refractivity contribution >= 4 is 27.2 Å². The van der Waals surface area contributed by atoms with E-state index in [-0.39, 0.29) is 0 Å². The average Bonchev–Trinajstić information content (AvgIpc) is 2.78. The lowest BCUT2D eigenvalue weighted by atomic mass is 9.87. The van der Waals surface area contributed by atoms with E-state index in [0.29, 0.717) is 0 Å². The first kappa shape index (κ1) is 17.5. The Bertz CT molecular complexity index is 1310. The fourth-order valence-electron chi connectivity index (χ4n) is 4.18. The minimum absolute atomic E-state index is 1.21. The van der Waals surface area contributed by atoms with Crippen LogP contribution in [-0.2, 0) is 0 Å². The van der Waals surface area contributed by atoms with Crippen molar-refractivity contribution in [3.05, 3.63) is 103 Å². The molecule has 5 aromatic carbocycles. The van der Waals surface area contributed by atoms with Crippen molar-refractivity contribution in [2.24, 2.45) is 0 Å². The molecular formula is C28H23N. The Morgan fingerprint density at radius 1 is 0.483 bits per heavy atom. The lowest BCUT2D eigenvalue weighted by Gasteiger charge is -2.17. The molecule has 5 aromatic rings. The maximum absolute atomic E-state index is 2.27. The zero-order chi connectivity index (χ0) is 19.8. The van der Waals surface area contributed by atoms with Gasteiger partial charge in [-0.05, 0) is 55.9 Å². The molecule has 0 heterocycles. The molecule has 0 aliphatic heterocycles. The Hall–Kier alpha value is -3.58. The van der Waals surface area contributed by atoms with Crippen molar-refractivity contribution in [1.82, 2.24) is 0 Å². The van der Waals surface area contributed by atoms with Gasteiger partial charge in [0.05, 0.1) is 0 Å². The molecule has 0 amide bonds. The monoisotopic (exact) mass is 373 g/mol. The normalized spacial score (nSPS) is 11.1. The zero-order valence-corrected chi connectivity index (χ0v) is 16.8. The Kier molecular flexibility index (Phi) is 4.29. The molecule has 0 aliphatic carbocycles. The lowest BCUT2D eigenvalue weighted by molar-refractivity contribution is 1.13. The van der Waals surface area contributed by atoms with Crippen LogP contribution in [0.25, 0.3) is 43.8 Å². The third-order valence-electron chi connectivity index (χ3n) is 5.68. The van der Waals surface area contributed by atoms with Crippen molar-refractivity contribution in [1.29, 1.82) is 0 Å². The molecule has 5 rings (SSSR count). The van der Waals surface area contributed by atoms with Gasteiger partial charge in [-0.15, -0.1) is 0 Å². The molecular weight excluding hydrogens is 350 g/mol. The number of hydrogen-bond acceptors (Lipinski definition) is 1. The summed E-state index contributed by atoms with van der Waals surface area (Å²) in [6, 6.07) is 37.3. The fourth-order valence-corrected chi connectivity index (χ4v) is 4.18. The van der Waals surface area contributed by atoms with Crippen molar-refractivity contribution in [3.8, 4) is 22.3 Å². The molecule has 29 heavy (non-hydrogen) atoms. The zero-order valence-electron chi connectivity index (χ0n) is 16.8. The minimum Gasteiger partial charge on any atom is -0.378 e. The van der Waals surface area contributed by atoms with Gasteiger partial charge in [0.25, 0.3) is 0 Å². The van der Waals surface area contributed by atoms with Gasteiger partial charge in [-0.1, -0.05) is 91.0 Å². The third-order valence-corrected chi connectivity index (χ3v) is 5.68. The van der Waals surface area contributed by atoms with Crippen LogP contribution in [0.2, 0.25) is 0 Å². The van der Waals surface area contributed by atoms with Crippen molar-refractivity contribution < 1.29 is 0 Å². The van der Waals surface area contributed by atoms with E-state index in [1.54, 1.807) is 0 Å². The minimum atomic E-state index is 1.21. The number of benzene rings is 5. The van der Waals surface area contributed by atoms with E-state index in [1.807, 2.05) is 0 Å². The van der Waals surface area contributed by atoms with Crippen LogP contribution in [0.15, 0.2) is 103 Å².